The molecule has 1 heterocycles. The van der Waals surface area contributed by atoms with Gasteiger partial charge in [0, 0.05) is 5.75 Å². The van der Waals surface area contributed by atoms with Crippen LogP contribution in [0.4, 0.5) is 0 Å². The Morgan fingerprint density at radius 1 is 1.41 bits per heavy atom. The molecule has 6 heteroatoms. The average Bonchev–Trinajstić information content (AvgIpc) is 2.28. The SMILES string of the molecule is O=C([O-])CSCc1nc2ccccc2c(=O)[nH]1. The number of hydrogen-bond acceptors (Lipinski definition) is 5. The lowest BCUT2D eigenvalue weighted by Gasteiger charge is -2.03. The molecule has 0 fully saturated rings. The molecule has 0 spiro atoms. The molecule has 2 aromatic rings. The second kappa shape index (κ2) is 5.01. The molecule has 5 nitrogen and oxygen atoms in total. The molecule has 1 aromatic heterocycles. The topological polar surface area (TPSA) is 85.9 Å². The maximum atomic E-state index is 11.7. The summed E-state index contributed by atoms with van der Waals surface area (Å²) in [5, 5.41) is 10.8. The van der Waals surface area contributed by atoms with E-state index in [1.54, 1.807) is 24.3 Å². The molecular formula is C11H9N2O3S-. The van der Waals surface area contributed by atoms with Crippen molar-refractivity contribution in [2.24, 2.45) is 0 Å². The first-order valence-electron chi connectivity index (χ1n) is 4.92. The van der Waals surface area contributed by atoms with Gasteiger partial charge in [-0.1, -0.05) is 12.1 Å². The van der Waals surface area contributed by atoms with Gasteiger partial charge in [-0.3, -0.25) is 4.79 Å². The normalized spacial score (nSPS) is 10.6. The maximum absolute atomic E-state index is 11.7. The van der Waals surface area contributed by atoms with Gasteiger partial charge in [-0.15, -0.1) is 11.8 Å². The van der Waals surface area contributed by atoms with E-state index in [0.717, 1.165) is 11.8 Å². The Labute approximate surface area is 101 Å². The van der Waals surface area contributed by atoms with E-state index in [0.29, 0.717) is 22.5 Å². The molecule has 88 valence electrons. The molecule has 0 saturated carbocycles. The highest BCUT2D eigenvalue weighted by Gasteiger charge is 2.02. The second-order valence-corrected chi connectivity index (χ2v) is 4.38. The number of aromatic amines is 1. The van der Waals surface area contributed by atoms with Crippen LogP contribution in [0.3, 0.4) is 0 Å². The van der Waals surface area contributed by atoms with Gasteiger partial charge >= 0.3 is 0 Å². The van der Waals surface area contributed by atoms with Gasteiger partial charge in [0.15, 0.2) is 0 Å². The fraction of sp³-hybridized carbons (Fsp3) is 0.182. The number of rotatable bonds is 4. The number of aliphatic carboxylic acids is 1. The molecule has 0 bridgehead atoms. The van der Waals surface area contributed by atoms with Crippen LogP contribution in [0.15, 0.2) is 29.1 Å². The van der Waals surface area contributed by atoms with Crippen molar-refractivity contribution in [1.29, 1.82) is 0 Å². The third-order valence-electron chi connectivity index (χ3n) is 2.12. The van der Waals surface area contributed by atoms with E-state index in [2.05, 4.69) is 9.97 Å². The van der Waals surface area contributed by atoms with Crippen LogP contribution < -0.4 is 10.7 Å². The lowest BCUT2D eigenvalue weighted by atomic mass is 10.2. The monoisotopic (exact) mass is 249 g/mol. The Kier molecular flexibility index (Phi) is 3.43. The summed E-state index contributed by atoms with van der Waals surface area (Å²) in [6.07, 6.45) is 0. The van der Waals surface area contributed by atoms with Crippen molar-refractivity contribution < 1.29 is 9.90 Å². The first kappa shape index (κ1) is 11.7. The zero-order valence-corrected chi connectivity index (χ0v) is 9.62. The molecule has 0 aliphatic rings. The lowest BCUT2D eigenvalue weighted by Crippen LogP contribution is -2.24. The maximum Gasteiger partial charge on any atom is 0.258 e. The highest BCUT2D eigenvalue weighted by molar-refractivity contribution is 7.99. The number of hydrogen-bond donors (Lipinski definition) is 1. The Balaban J connectivity index is 2.25. The molecule has 0 saturated heterocycles. The smallest absolute Gasteiger partial charge is 0.258 e. The number of para-hydroxylation sites is 1. The zero-order valence-electron chi connectivity index (χ0n) is 8.80. The average molecular weight is 249 g/mol. The summed E-state index contributed by atoms with van der Waals surface area (Å²) in [6, 6.07) is 7.01. The third kappa shape index (κ3) is 2.85. The lowest BCUT2D eigenvalue weighted by molar-refractivity contribution is -0.301. The number of carboxylic acid groups (broad SMARTS) is 1. The summed E-state index contributed by atoms with van der Waals surface area (Å²) in [4.78, 5) is 28.8. The Bertz CT molecular complexity index is 609. The van der Waals surface area contributed by atoms with E-state index in [-0.39, 0.29) is 11.3 Å². The minimum absolute atomic E-state index is 0.115. The number of carbonyl (C=O) groups excluding carboxylic acids is 1. The molecule has 0 atom stereocenters. The van der Waals surface area contributed by atoms with Crippen molar-refractivity contribution in [2.45, 2.75) is 5.75 Å². The van der Waals surface area contributed by atoms with Gasteiger partial charge in [0.25, 0.3) is 5.56 Å². The summed E-state index contributed by atoms with van der Waals surface area (Å²) in [7, 11) is 0. The fourth-order valence-corrected chi connectivity index (χ4v) is 2.03. The number of carboxylic acids is 1. The number of fused-ring (bicyclic) bond motifs is 1. The highest BCUT2D eigenvalue weighted by atomic mass is 32.2. The van der Waals surface area contributed by atoms with Crippen molar-refractivity contribution >= 4 is 28.6 Å². The Hall–Kier alpha value is -1.82. The van der Waals surface area contributed by atoms with Crippen LogP contribution in [-0.4, -0.2) is 21.7 Å². The summed E-state index contributed by atoms with van der Waals surface area (Å²) in [5.41, 5.74) is 0.403. The third-order valence-corrected chi connectivity index (χ3v) is 3.04. The Morgan fingerprint density at radius 2 is 2.18 bits per heavy atom. The minimum atomic E-state index is -1.13. The highest BCUT2D eigenvalue weighted by Crippen LogP contribution is 2.10. The molecule has 0 amide bonds. The molecule has 0 aliphatic heterocycles. The van der Waals surface area contributed by atoms with Crippen molar-refractivity contribution in [1.82, 2.24) is 9.97 Å². The minimum Gasteiger partial charge on any atom is -0.549 e. The van der Waals surface area contributed by atoms with Crippen LogP contribution in [0.25, 0.3) is 10.9 Å². The van der Waals surface area contributed by atoms with E-state index >= 15 is 0 Å². The van der Waals surface area contributed by atoms with Crippen molar-refractivity contribution in [3.63, 3.8) is 0 Å². The number of benzene rings is 1. The van der Waals surface area contributed by atoms with Gasteiger partial charge in [0.2, 0.25) is 0 Å². The number of H-pyrrole nitrogens is 1. The van der Waals surface area contributed by atoms with Gasteiger partial charge in [-0.2, -0.15) is 0 Å². The van der Waals surface area contributed by atoms with Crippen LogP contribution in [-0.2, 0) is 10.5 Å². The Morgan fingerprint density at radius 3 is 2.94 bits per heavy atom. The number of carbonyl (C=O) groups is 1. The predicted molar refractivity (Wildman–Crippen MR) is 63.5 cm³/mol. The van der Waals surface area contributed by atoms with E-state index in [9.17, 15) is 14.7 Å². The number of nitrogens with zero attached hydrogens (tertiary/aromatic N) is 1. The first-order chi connectivity index (χ1) is 8.16. The van der Waals surface area contributed by atoms with Gasteiger partial charge in [0.1, 0.15) is 5.82 Å². The molecule has 1 aromatic carbocycles. The molecule has 0 aliphatic carbocycles. The van der Waals surface area contributed by atoms with Crippen LogP contribution in [0.1, 0.15) is 5.82 Å². The molecular weight excluding hydrogens is 240 g/mol. The van der Waals surface area contributed by atoms with Gasteiger partial charge in [0.05, 0.1) is 22.6 Å². The van der Waals surface area contributed by atoms with Gasteiger partial charge in [-0.25, -0.2) is 4.98 Å². The van der Waals surface area contributed by atoms with E-state index in [1.165, 1.54) is 0 Å². The quantitative estimate of drug-likeness (QED) is 0.818. The van der Waals surface area contributed by atoms with Crippen molar-refractivity contribution in [3.8, 4) is 0 Å². The van der Waals surface area contributed by atoms with E-state index in [1.807, 2.05) is 0 Å². The fourth-order valence-electron chi connectivity index (χ4n) is 1.43. The van der Waals surface area contributed by atoms with Crippen LogP contribution in [0.2, 0.25) is 0 Å². The van der Waals surface area contributed by atoms with E-state index in [4.69, 9.17) is 0 Å². The van der Waals surface area contributed by atoms with Gasteiger partial charge < -0.3 is 14.9 Å². The number of aromatic nitrogens is 2. The van der Waals surface area contributed by atoms with Crippen LogP contribution in [0, 0.1) is 0 Å². The molecule has 1 N–H and O–H groups in total. The van der Waals surface area contributed by atoms with Crippen molar-refractivity contribution in [3.05, 3.63) is 40.4 Å². The zero-order chi connectivity index (χ0) is 12.3. The summed E-state index contributed by atoms with van der Waals surface area (Å²) in [5.74, 6) is -0.428. The number of thioether (sulfide) groups is 1. The standard InChI is InChI=1S/C11H10N2O3S/c14-10(15)6-17-5-9-12-8-4-2-1-3-7(8)11(16)13-9/h1-4H,5-6H2,(H,14,15)(H,12,13,16)/p-1. The molecule has 2 rings (SSSR count). The van der Waals surface area contributed by atoms with Crippen LogP contribution in [0.5, 0.6) is 0 Å². The summed E-state index contributed by atoms with van der Waals surface area (Å²) in [6.45, 7) is 0. The summed E-state index contributed by atoms with van der Waals surface area (Å²) < 4.78 is 0. The van der Waals surface area contributed by atoms with E-state index < -0.39 is 5.97 Å². The first-order valence-corrected chi connectivity index (χ1v) is 6.08. The number of nitrogens with one attached hydrogen (secondary N) is 1. The van der Waals surface area contributed by atoms with Crippen molar-refractivity contribution in [2.75, 3.05) is 5.75 Å². The molecule has 0 radical (unpaired) electrons. The predicted octanol–water partition coefficient (Wildman–Crippen LogP) is -0.0938. The second-order valence-electron chi connectivity index (χ2n) is 3.39. The largest absolute Gasteiger partial charge is 0.549 e. The molecule has 0 unspecified atom stereocenters. The van der Waals surface area contributed by atoms with Crippen LogP contribution >= 0.6 is 11.8 Å². The molecule has 17 heavy (non-hydrogen) atoms. The summed E-state index contributed by atoms with van der Waals surface area (Å²) >= 11 is 1.14. The van der Waals surface area contributed by atoms with Gasteiger partial charge in [-0.05, 0) is 12.1 Å².